The van der Waals surface area contributed by atoms with Gasteiger partial charge < -0.3 is 19.5 Å². The second-order valence-corrected chi connectivity index (χ2v) is 10.0. The molecule has 1 N–H and O–H groups in total. The predicted octanol–water partition coefficient (Wildman–Crippen LogP) is 4.10. The average molecular weight is 472 g/mol. The third-order valence-corrected chi connectivity index (χ3v) is 7.49. The molecular formula is C24H29N3O3S2. The van der Waals surface area contributed by atoms with Crippen LogP contribution in [0.3, 0.4) is 0 Å². The standard InChI is InChI=1S/C24H29N3O3S2/c1-2-3-11-30-20-9-7-19(8-10-20)25-22(28)16-32-24(31)26-13-17-12-18(15-26)21-5-4-6-23(29)27(21)14-17/h4-10,17-18H,2-3,11-16H2,1H3,(H,25,28). The molecule has 6 nitrogen and oxygen atoms in total. The lowest BCUT2D eigenvalue weighted by Gasteiger charge is -2.43. The van der Waals surface area contributed by atoms with Gasteiger partial charge in [0.2, 0.25) is 5.91 Å². The SMILES string of the molecule is CCCCOc1ccc(NC(=O)CSC(=S)N2CC3CC(C2)c2cccc(=O)n2C3)cc1. The number of nitrogens with one attached hydrogen (secondary N) is 1. The Morgan fingerprint density at radius 2 is 2.00 bits per heavy atom. The topological polar surface area (TPSA) is 63.6 Å². The van der Waals surface area contributed by atoms with Crippen molar-refractivity contribution in [2.24, 2.45) is 5.92 Å². The van der Waals surface area contributed by atoms with Crippen molar-refractivity contribution >= 4 is 39.9 Å². The van der Waals surface area contributed by atoms with Gasteiger partial charge in [-0.25, -0.2) is 0 Å². The first kappa shape index (κ1) is 22.9. The summed E-state index contributed by atoms with van der Waals surface area (Å²) in [5, 5.41) is 2.92. The van der Waals surface area contributed by atoms with Crippen LogP contribution in [0.5, 0.6) is 5.75 Å². The van der Waals surface area contributed by atoms with E-state index >= 15 is 0 Å². The number of rotatable bonds is 7. The van der Waals surface area contributed by atoms with Crippen LogP contribution in [0.25, 0.3) is 0 Å². The van der Waals surface area contributed by atoms with Gasteiger partial charge in [0.1, 0.15) is 10.1 Å². The molecule has 0 spiro atoms. The molecule has 1 saturated heterocycles. The Morgan fingerprint density at radius 1 is 1.19 bits per heavy atom. The number of hydrogen-bond acceptors (Lipinski definition) is 5. The number of ether oxygens (including phenoxy) is 1. The number of amides is 1. The third kappa shape index (κ3) is 5.53. The molecule has 2 atom stereocenters. The van der Waals surface area contributed by atoms with Gasteiger partial charge >= 0.3 is 0 Å². The fourth-order valence-corrected chi connectivity index (χ4v) is 5.41. The number of piperidine rings is 1. The third-order valence-electron chi connectivity index (χ3n) is 5.97. The van der Waals surface area contributed by atoms with Gasteiger partial charge in [0.05, 0.1) is 12.4 Å². The molecule has 2 aliphatic rings. The highest BCUT2D eigenvalue weighted by Gasteiger charge is 2.35. The molecule has 2 bridgehead atoms. The Morgan fingerprint density at radius 3 is 2.78 bits per heavy atom. The summed E-state index contributed by atoms with van der Waals surface area (Å²) in [7, 11) is 0. The number of nitrogens with zero attached hydrogens (tertiary/aromatic N) is 2. The van der Waals surface area contributed by atoms with Crippen LogP contribution in [0, 0.1) is 5.92 Å². The maximum Gasteiger partial charge on any atom is 0.250 e. The van der Waals surface area contributed by atoms with Crippen LogP contribution >= 0.6 is 24.0 Å². The minimum absolute atomic E-state index is 0.0777. The first-order valence-corrected chi connectivity index (χ1v) is 12.6. The Kier molecular flexibility index (Phi) is 7.52. The summed E-state index contributed by atoms with van der Waals surface area (Å²) in [4.78, 5) is 26.8. The van der Waals surface area contributed by atoms with Gasteiger partial charge in [0, 0.05) is 43.0 Å². The van der Waals surface area contributed by atoms with Gasteiger partial charge in [0.25, 0.3) is 5.56 Å². The first-order valence-electron chi connectivity index (χ1n) is 11.2. The number of pyridine rings is 1. The maximum absolute atomic E-state index is 12.4. The highest BCUT2D eigenvalue weighted by atomic mass is 32.2. The van der Waals surface area contributed by atoms with Crippen LogP contribution in [0.4, 0.5) is 5.69 Å². The van der Waals surface area contributed by atoms with Crippen molar-refractivity contribution in [3.63, 3.8) is 0 Å². The van der Waals surface area contributed by atoms with E-state index in [1.54, 1.807) is 6.07 Å². The molecule has 2 unspecified atom stereocenters. The van der Waals surface area contributed by atoms with Gasteiger partial charge in [-0.15, -0.1) is 0 Å². The molecule has 4 rings (SSSR count). The number of thioether (sulfide) groups is 1. The van der Waals surface area contributed by atoms with E-state index < -0.39 is 0 Å². The van der Waals surface area contributed by atoms with E-state index in [0.717, 1.165) is 60.3 Å². The maximum atomic E-state index is 12.4. The normalized spacial score (nSPS) is 19.2. The van der Waals surface area contributed by atoms with Crippen molar-refractivity contribution in [1.29, 1.82) is 0 Å². The van der Waals surface area contributed by atoms with E-state index in [1.165, 1.54) is 11.8 Å². The van der Waals surface area contributed by atoms with E-state index in [0.29, 0.717) is 18.4 Å². The fraction of sp³-hybridized carbons (Fsp3) is 0.458. The first-order chi connectivity index (χ1) is 15.5. The van der Waals surface area contributed by atoms with E-state index in [-0.39, 0.29) is 17.2 Å². The second kappa shape index (κ2) is 10.5. The zero-order valence-electron chi connectivity index (χ0n) is 18.3. The molecule has 0 saturated carbocycles. The van der Waals surface area contributed by atoms with Gasteiger partial charge in [-0.3, -0.25) is 9.59 Å². The summed E-state index contributed by atoms with van der Waals surface area (Å²) in [6.07, 6.45) is 3.21. The van der Waals surface area contributed by atoms with E-state index in [4.69, 9.17) is 17.0 Å². The molecule has 170 valence electrons. The predicted molar refractivity (Wildman–Crippen MR) is 134 cm³/mol. The molecule has 8 heteroatoms. The van der Waals surface area contributed by atoms with Crippen molar-refractivity contribution in [2.45, 2.75) is 38.6 Å². The molecule has 0 radical (unpaired) electrons. The Hall–Kier alpha value is -2.32. The zero-order valence-corrected chi connectivity index (χ0v) is 19.9. The molecule has 1 aromatic carbocycles. The molecule has 0 aliphatic carbocycles. The molecule has 1 fully saturated rings. The van der Waals surface area contributed by atoms with Crippen molar-refractivity contribution in [1.82, 2.24) is 9.47 Å². The number of hydrogen-bond donors (Lipinski definition) is 1. The lowest BCUT2D eigenvalue weighted by molar-refractivity contribution is -0.113. The van der Waals surface area contributed by atoms with Crippen molar-refractivity contribution in [3.8, 4) is 5.75 Å². The quantitative estimate of drug-likeness (QED) is 0.485. The van der Waals surface area contributed by atoms with Crippen LogP contribution in [0.15, 0.2) is 47.3 Å². The van der Waals surface area contributed by atoms with Gasteiger partial charge in [-0.1, -0.05) is 43.4 Å². The molecule has 1 amide bonds. The number of fused-ring (bicyclic) bond motifs is 4. The molecule has 1 aromatic heterocycles. The summed E-state index contributed by atoms with van der Waals surface area (Å²) in [5.74, 6) is 1.72. The largest absolute Gasteiger partial charge is 0.494 e. The Balaban J connectivity index is 1.26. The van der Waals surface area contributed by atoms with Crippen LogP contribution < -0.4 is 15.6 Å². The van der Waals surface area contributed by atoms with Crippen LogP contribution in [-0.4, -0.2) is 45.1 Å². The second-order valence-electron chi connectivity index (χ2n) is 8.43. The average Bonchev–Trinajstić information content (AvgIpc) is 2.79. The van der Waals surface area contributed by atoms with Gasteiger partial charge in [0.15, 0.2) is 0 Å². The summed E-state index contributed by atoms with van der Waals surface area (Å²) >= 11 is 7.05. The number of carbonyl (C=O) groups is 1. The lowest BCUT2D eigenvalue weighted by Crippen LogP contribution is -2.48. The van der Waals surface area contributed by atoms with E-state index in [2.05, 4.69) is 23.2 Å². The highest BCUT2D eigenvalue weighted by Crippen LogP contribution is 2.36. The Bertz CT molecular complexity index is 1020. The minimum atomic E-state index is -0.0777. The number of aromatic nitrogens is 1. The zero-order chi connectivity index (χ0) is 22.5. The molecular weight excluding hydrogens is 442 g/mol. The molecule has 2 aromatic rings. The summed E-state index contributed by atoms with van der Waals surface area (Å²) in [5.41, 5.74) is 1.94. The molecule has 3 heterocycles. The van der Waals surface area contributed by atoms with Crippen molar-refractivity contribution in [3.05, 3.63) is 58.5 Å². The smallest absolute Gasteiger partial charge is 0.250 e. The number of anilines is 1. The molecule has 2 aliphatic heterocycles. The van der Waals surface area contributed by atoms with Gasteiger partial charge in [-0.2, -0.15) is 0 Å². The van der Waals surface area contributed by atoms with Crippen molar-refractivity contribution < 1.29 is 9.53 Å². The minimum Gasteiger partial charge on any atom is -0.494 e. The monoisotopic (exact) mass is 471 g/mol. The fourth-order valence-electron chi connectivity index (χ4n) is 4.43. The van der Waals surface area contributed by atoms with E-state index in [9.17, 15) is 9.59 Å². The number of carbonyl (C=O) groups excluding carboxylic acids is 1. The number of likely N-dealkylation sites (tertiary alicyclic amines) is 1. The highest BCUT2D eigenvalue weighted by molar-refractivity contribution is 8.23. The van der Waals surface area contributed by atoms with Crippen LogP contribution in [0.2, 0.25) is 0 Å². The number of unbranched alkanes of at least 4 members (excludes halogenated alkanes) is 1. The van der Waals surface area contributed by atoms with E-state index in [1.807, 2.05) is 34.9 Å². The number of benzene rings is 1. The van der Waals surface area contributed by atoms with Crippen LogP contribution in [-0.2, 0) is 11.3 Å². The van der Waals surface area contributed by atoms with Gasteiger partial charge in [-0.05, 0) is 49.1 Å². The summed E-state index contributed by atoms with van der Waals surface area (Å²) < 4.78 is 8.32. The Labute approximate surface area is 198 Å². The molecule has 32 heavy (non-hydrogen) atoms. The summed E-state index contributed by atoms with van der Waals surface area (Å²) in [6, 6.07) is 13.0. The lowest BCUT2D eigenvalue weighted by atomic mass is 9.83. The number of thiocarbonyl (C=S) groups is 1. The summed E-state index contributed by atoms with van der Waals surface area (Å²) in [6.45, 7) is 5.21. The van der Waals surface area contributed by atoms with Crippen molar-refractivity contribution in [2.75, 3.05) is 30.8 Å². The van der Waals surface area contributed by atoms with Crippen LogP contribution in [0.1, 0.15) is 37.8 Å².